The Hall–Kier alpha value is -1.82. The molecular formula is C18H25ClN4O. The molecule has 130 valence electrons. The second kappa shape index (κ2) is 7.83. The molecule has 2 aromatic rings. The number of rotatable bonds is 4. The molecule has 1 aromatic carbocycles. The second-order valence-corrected chi connectivity index (χ2v) is 6.47. The van der Waals surface area contributed by atoms with E-state index in [1.165, 1.54) is 5.56 Å². The SMILES string of the molecule is CN(C)C(=O)c1ccc(CN2C[C@@H](N)[C@H](c3ccccc3)C2)[nH]1.Cl. The van der Waals surface area contributed by atoms with Gasteiger partial charge >= 0.3 is 0 Å². The summed E-state index contributed by atoms with van der Waals surface area (Å²) in [4.78, 5) is 19.1. The van der Waals surface area contributed by atoms with Crippen molar-refractivity contribution in [3.63, 3.8) is 0 Å². The molecule has 24 heavy (non-hydrogen) atoms. The van der Waals surface area contributed by atoms with Crippen LogP contribution in [0.1, 0.15) is 27.7 Å². The Balaban J connectivity index is 0.00000208. The van der Waals surface area contributed by atoms with Gasteiger partial charge in [0.25, 0.3) is 5.91 Å². The average Bonchev–Trinajstić information content (AvgIpc) is 3.14. The standard InChI is InChI=1S/C18H24N4O.ClH/c1-21(2)18(23)17-9-8-14(20-17)10-22-11-15(16(19)12-22)13-6-4-3-5-7-13;/h3-9,15-16,20H,10-12,19H2,1-2H3;1H/t15-,16+;/m0./s1. The lowest BCUT2D eigenvalue weighted by Gasteiger charge is -2.15. The molecule has 3 rings (SSSR count). The van der Waals surface area contributed by atoms with Gasteiger partial charge in [-0.25, -0.2) is 0 Å². The van der Waals surface area contributed by atoms with Gasteiger partial charge in [-0.1, -0.05) is 30.3 Å². The zero-order valence-electron chi connectivity index (χ0n) is 14.1. The molecule has 1 amide bonds. The van der Waals surface area contributed by atoms with E-state index in [-0.39, 0.29) is 24.4 Å². The number of hydrogen-bond acceptors (Lipinski definition) is 3. The van der Waals surface area contributed by atoms with Gasteiger partial charge in [-0.15, -0.1) is 12.4 Å². The first-order chi connectivity index (χ1) is 11.0. The first-order valence-corrected chi connectivity index (χ1v) is 7.97. The van der Waals surface area contributed by atoms with Crippen LogP contribution < -0.4 is 5.73 Å². The number of carbonyl (C=O) groups is 1. The van der Waals surface area contributed by atoms with Crippen LogP contribution in [0.2, 0.25) is 0 Å². The molecule has 0 unspecified atom stereocenters. The van der Waals surface area contributed by atoms with Crippen LogP contribution in [0.3, 0.4) is 0 Å². The molecule has 1 saturated heterocycles. The molecule has 1 aromatic heterocycles. The van der Waals surface area contributed by atoms with Crippen LogP contribution in [0, 0.1) is 0 Å². The van der Waals surface area contributed by atoms with Gasteiger partial charge in [-0.3, -0.25) is 9.69 Å². The highest BCUT2D eigenvalue weighted by Gasteiger charge is 2.31. The number of halogens is 1. The summed E-state index contributed by atoms with van der Waals surface area (Å²) in [7, 11) is 3.51. The molecule has 0 radical (unpaired) electrons. The third-order valence-corrected chi connectivity index (χ3v) is 4.45. The number of likely N-dealkylation sites (tertiary alicyclic amines) is 1. The number of aromatic amines is 1. The van der Waals surface area contributed by atoms with Crippen molar-refractivity contribution in [1.82, 2.24) is 14.8 Å². The predicted molar refractivity (Wildman–Crippen MR) is 98.5 cm³/mol. The van der Waals surface area contributed by atoms with Crippen molar-refractivity contribution >= 4 is 18.3 Å². The van der Waals surface area contributed by atoms with E-state index < -0.39 is 0 Å². The minimum Gasteiger partial charge on any atom is -0.353 e. The molecule has 1 aliphatic heterocycles. The van der Waals surface area contributed by atoms with Crippen molar-refractivity contribution in [3.8, 4) is 0 Å². The van der Waals surface area contributed by atoms with Crippen molar-refractivity contribution in [2.75, 3.05) is 27.2 Å². The predicted octanol–water partition coefficient (Wildman–Crippen LogP) is 2.06. The molecule has 5 nitrogen and oxygen atoms in total. The van der Waals surface area contributed by atoms with E-state index >= 15 is 0 Å². The quantitative estimate of drug-likeness (QED) is 0.889. The van der Waals surface area contributed by atoms with Crippen molar-refractivity contribution in [1.29, 1.82) is 0 Å². The van der Waals surface area contributed by atoms with E-state index in [9.17, 15) is 4.79 Å². The smallest absolute Gasteiger partial charge is 0.269 e. The third kappa shape index (κ3) is 3.98. The third-order valence-electron chi connectivity index (χ3n) is 4.45. The molecule has 0 spiro atoms. The van der Waals surface area contributed by atoms with Crippen LogP contribution in [0.5, 0.6) is 0 Å². The highest BCUT2D eigenvalue weighted by molar-refractivity contribution is 5.92. The average molecular weight is 349 g/mol. The van der Waals surface area contributed by atoms with Gasteiger partial charge in [-0.2, -0.15) is 0 Å². The first-order valence-electron chi connectivity index (χ1n) is 7.97. The molecule has 1 fully saturated rings. The summed E-state index contributed by atoms with van der Waals surface area (Å²) >= 11 is 0. The molecule has 3 N–H and O–H groups in total. The van der Waals surface area contributed by atoms with Crippen molar-refractivity contribution in [2.45, 2.75) is 18.5 Å². The van der Waals surface area contributed by atoms with Gasteiger partial charge in [0.2, 0.25) is 0 Å². The Morgan fingerprint density at radius 3 is 2.58 bits per heavy atom. The highest BCUT2D eigenvalue weighted by Crippen LogP contribution is 2.27. The van der Waals surface area contributed by atoms with E-state index in [0.29, 0.717) is 11.6 Å². The number of amides is 1. The van der Waals surface area contributed by atoms with Gasteiger partial charge < -0.3 is 15.6 Å². The summed E-state index contributed by atoms with van der Waals surface area (Å²) < 4.78 is 0. The summed E-state index contributed by atoms with van der Waals surface area (Å²) in [6.45, 7) is 2.61. The number of hydrogen-bond donors (Lipinski definition) is 2. The van der Waals surface area contributed by atoms with Crippen LogP contribution >= 0.6 is 12.4 Å². The summed E-state index contributed by atoms with van der Waals surface area (Å²) in [5.41, 5.74) is 9.32. The number of carbonyl (C=O) groups excluding carboxylic acids is 1. The molecule has 0 bridgehead atoms. The Bertz CT molecular complexity index is 671. The Morgan fingerprint density at radius 1 is 1.21 bits per heavy atom. The van der Waals surface area contributed by atoms with Gasteiger partial charge in [0.1, 0.15) is 5.69 Å². The highest BCUT2D eigenvalue weighted by atomic mass is 35.5. The van der Waals surface area contributed by atoms with E-state index in [1.54, 1.807) is 19.0 Å². The number of nitrogens with zero attached hydrogens (tertiary/aromatic N) is 2. The Kier molecular flexibility index (Phi) is 6.04. The Morgan fingerprint density at radius 2 is 1.92 bits per heavy atom. The fourth-order valence-electron chi connectivity index (χ4n) is 3.23. The molecule has 1 aliphatic rings. The van der Waals surface area contributed by atoms with Crippen molar-refractivity contribution in [3.05, 3.63) is 59.4 Å². The monoisotopic (exact) mass is 348 g/mol. The zero-order valence-corrected chi connectivity index (χ0v) is 14.9. The maximum atomic E-state index is 11.9. The maximum Gasteiger partial charge on any atom is 0.269 e. The maximum absolute atomic E-state index is 11.9. The normalized spacial score (nSPS) is 20.6. The lowest BCUT2D eigenvalue weighted by Crippen LogP contribution is -2.28. The molecule has 2 atom stereocenters. The zero-order chi connectivity index (χ0) is 16.4. The number of benzene rings is 1. The van der Waals surface area contributed by atoms with Crippen LogP contribution in [-0.2, 0) is 6.54 Å². The van der Waals surface area contributed by atoms with Gasteiger partial charge in [-0.05, 0) is 17.7 Å². The fraction of sp³-hybridized carbons (Fsp3) is 0.389. The van der Waals surface area contributed by atoms with Crippen LogP contribution in [-0.4, -0.2) is 53.9 Å². The molecule has 0 saturated carbocycles. The Labute approximate surface area is 149 Å². The van der Waals surface area contributed by atoms with Gasteiger partial charge in [0.05, 0.1) is 0 Å². The van der Waals surface area contributed by atoms with E-state index in [1.807, 2.05) is 18.2 Å². The van der Waals surface area contributed by atoms with Crippen molar-refractivity contribution in [2.24, 2.45) is 5.73 Å². The number of nitrogens with two attached hydrogens (primary N) is 1. The summed E-state index contributed by atoms with van der Waals surface area (Å²) in [5.74, 6) is 0.366. The minimum atomic E-state index is -0.00321. The fourth-order valence-corrected chi connectivity index (χ4v) is 3.23. The number of H-pyrrole nitrogens is 1. The number of nitrogens with one attached hydrogen (secondary N) is 1. The largest absolute Gasteiger partial charge is 0.353 e. The van der Waals surface area contributed by atoms with E-state index in [0.717, 1.165) is 25.3 Å². The summed E-state index contributed by atoms with van der Waals surface area (Å²) in [5, 5.41) is 0. The van der Waals surface area contributed by atoms with Crippen LogP contribution in [0.15, 0.2) is 42.5 Å². The topological polar surface area (TPSA) is 65.4 Å². The second-order valence-electron chi connectivity index (χ2n) is 6.47. The van der Waals surface area contributed by atoms with Crippen molar-refractivity contribution < 1.29 is 4.79 Å². The molecule has 2 heterocycles. The van der Waals surface area contributed by atoms with Gasteiger partial charge in [0, 0.05) is 51.4 Å². The van der Waals surface area contributed by atoms with Crippen LogP contribution in [0.25, 0.3) is 0 Å². The minimum absolute atomic E-state index is 0. The molecular weight excluding hydrogens is 324 g/mol. The summed E-state index contributed by atoms with van der Waals surface area (Å²) in [6, 6.07) is 14.4. The summed E-state index contributed by atoms with van der Waals surface area (Å²) in [6.07, 6.45) is 0. The lowest BCUT2D eigenvalue weighted by molar-refractivity contribution is 0.0822. The lowest BCUT2D eigenvalue weighted by atomic mass is 9.95. The van der Waals surface area contributed by atoms with Crippen LogP contribution in [0.4, 0.5) is 0 Å². The molecule has 0 aliphatic carbocycles. The van der Waals surface area contributed by atoms with E-state index in [4.69, 9.17) is 5.73 Å². The first kappa shape index (κ1) is 18.5. The van der Waals surface area contributed by atoms with E-state index in [2.05, 4.69) is 34.1 Å². The molecule has 6 heteroatoms. The number of aromatic nitrogens is 1. The van der Waals surface area contributed by atoms with Gasteiger partial charge in [0.15, 0.2) is 0 Å².